The molecule has 0 amide bonds. The molecular weight excluding hydrogens is 246 g/mol. The van der Waals surface area contributed by atoms with Crippen LogP contribution >= 0.6 is 12.4 Å². The maximum atomic E-state index is 4.30. The van der Waals surface area contributed by atoms with Crippen molar-refractivity contribution in [3.05, 3.63) is 48.2 Å². The van der Waals surface area contributed by atoms with Crippen LogP contribution in [0.15, 0.2) is 42.6 Å². The van der Waals surface area contributed by atoms with E-state index in [1.54, 1.807) is 0 Å². The first-order valence-electron chi connectivity index (χ1n) is 6.08. The average Bonchev–Trinajstić information content (AvgIpc) is 2.79. The van der Waals surface area contributed by atoms with E-state index in [0.29, 0.717) is 6.04 Å². The molecule has 0 aliphatic heterocycles. The topological polar surface area (TPSA) is 29.9 Å². The summed E-state index contributed by atoms with van der Waals surface area (Å²) in [5.41, 5.74) is 1.36. The van der Waals surface area contributed by atoms with Crippen molar-refractivity contribution >= 4 is 18.2 Å². The third kappa shape index (κ3) is 3.77. The minimum Gasteiger partial charge on any atom is -0.370 e. The van der Waals surface area contributed by atoms with Gasteiger partial charge in [0.2, 0.25) is 0 Å². The van der Waals surface area contributed by atoms with Crippen LogP contribution in [0.2, 0.25) is 0 Å². The van der Waals surface area contributed by atoms with Gasteiger partial charge in [0, 0.05) is 18.7 Å². The molecule has 1 aromatic heterocycles. The van der Waals surface area contributed by atoms with Gasteiger partial charge < -0.3 is 5.32 Å². The Balaban J connectivity index is 0.00000162. The Bertz CT molecular complexity index is 451. The molecular formula is C14H20ClN3. The van der Waals surface area contributed by atoms with E-state index in [1.807, 2.05) is 23.0 Å². The smallest absolute Gasteiger partial charge is 0.124 e. The molecule has 2 rings (SSSR count). The van der Waals surface area contributed by atoms with Crippen LogP contribution in [0, 0.1) is 0 Å². The van der Waals surface area contributed by atoms with Gasteiger partial charge in [0.05, 0.1) is 6.20 Å². The molecule has 3 nitrogen and oxygen atoms in total. The van der Waals surface area contributed by atoms with Crippen LogP contribution in [0.25, 0.3) is 0 Å². The summed E-state index contributed by atoms with van der Waals surface area (Å²) in [4.78, 5) is 0. The summed E-state index contributed by atoms with van der Waals surface area (Å²) >= 11 is 0. The van der Waals surface area contributed by atoms with Gasteiger partial charge in [-0.1, -0.05) is 30.3 Å². The zero-order chi connectivity index (χ0) is 12.1. The molecule has 0 aliphatic rings. The molecule has 0 unspecified atom stereocenters. The van der Waals surface area contributed by atoms with Gasteiger partial charge in [-0.2, -0.15) is 5.10 Å². The average molecular weight is 266 g/mol. The van der Waals surface area contributed by atoms with Crippen LogP contribution in [0.1, 0.15) is 25.5 Å². The van der Waals surface area contributed by atoms with Crippen molar-refractivity contribution in [1.29, 1.82) is 0 Å². The molecule has 1 N–H and O–H groups in total. The number of benzene rings is 1. The molecule has 4 heteroatoms. The maximum absolute atomic E-state index is 4.30. The molecule has 0 atom stereocenters. The highest BCUT2D eigenvalue weighted by Crippen LogP contribution is 2.12. The molecule has 0 spiro atoms. The third-order valence-electron chi connectivity index (χ3n) is 2.72. The molecule has 1 aromatic carbocycles. The summed E-state index contributed by atoms with van der Waals surface area (Å²) in [5, 5.41) is 7.72. The lowest BCUT2D eigenvalue weighted by molar-refractivity contribution is 0.537. The van der Waals surface area contributed by atoms with E-state index in [0.717, 1.165) is 18.8 Å². The summed E-state index contributed by atoms with van der Waals surface area (Å²) in [6, 6.07) is 12.9. The summed E-state index contributed by atoms with van der Waals surface area (Å²) in [6.07, 6.45) is 2.87. The Hall–Kier alpha value is -1.48. The van der Waals surface area contributed by atoms with Crippen LogP contribution in [-0.2, 0) is 6.42 Å². The van der Waals surface area contributed by atoms with Gasteiger partial charge in [0.1, 0.15) is 5.82 Å². The molecule has 0 aliphatic carbocycles. The van der Waals surface area contributed by atoms with E-state index in [4.69, 9.17) is 0 Å². The van der Waals surface area contributed by atoms with E-state index >= 15 is 0 Å². The van der Waals surface area contributed by atoms with Gasteiger partial charge >= 0.3 is 0 Å². The van der Waals surface area contributed by atoms with Crippen molar-refractivity contribution in [2.75, 3.05) is 11.9 Å². The Morgan fingerprint density at radius 2 is 1.89 bits per heavy atom. The minimum absolute atomic E-state index is 0. The van der Waals surface area contributed by atoms with Gasteiger partial charge in [0.15, 0.2) is 0 Å². The number of nitrogens with one attached hydrogen (secondary N) is 1. The third-order valence-corrected chi connectivity index (χ3v) is 2.72. The van der Waals surface area contributed by atoms with E-state index in [9.17, 15) is 0 Å². The Morgan fingerprint density at radius 3 is 2.56 bits per heavy atom. The number of hydrogen-bond donors (Lipinski definition) is 1. The minimum atomic E-state index is 0. The molecule has 0 fully saturated rings. The zero-order valence-corrected chi connectivity index (χ0v) is 11.7. The van der Waals surface area contributed by atoms with Crippen LogP contribution in [0.4, 0.5) is 5.82 Å². The summed E-state index contributed by atoms with van der Waals surface area (Å²) < 4.78 is 2.00. The Kier molecular flexibility index (Phi) is 5.72. The monoisotopic (exact) mass is 265 g/mol. The fourth-order valence-corrected chi connectivity index (χ4v) is 1.85. The fourth-order valence-electron chi connectivity index (χ4n) is 1.85. The first kappa shape index (κ1) is 14.6. The molecule has 0 saturated carbocycles. The van der Waals surface area contributed by atoms with Crippen LogP contribution in [-0.4, -0.2) is 16.3 Å². The highest BCUT2D eigenvalue weighted by molar-refractivity contribution is 5.85. The van der Waals surface area contributed by atoms with Crippen molar-refractivity contribution in [3.63, 3.8) is 0 Å². The number of nitrogens with zero attached hydrogens (tertiary/aromatic N) is 2. The van der Waals surface area contributed by atoms with E-state index < -0.39 is 0 Å². The first-order chi connectivity index (χ1) is 8.27. The lowest BCUT2D eigenvalue weighted by Gasteiger charge is -2.12. The van der Waals surface area contributed by atoms with Gasteiger partial charge in [-0.05, 0) is 25.8 Å². The van der Waals surface area contributed by atoms with Gasteiger partial charge in [-0.15, -0.1) is 12.4 Å². The Morgan fingerprint density at radius 1 is 1.17 bits per heavy atom. The van der Waals surface area contributed by atoms with Crippen molar-refractivity contribution < 1.29 is 0 Å². The predicted octanol–water partition coefficient (Wildman–Crippen LogP) is 3.54. The largest absolute Gasteiger partial charge is 0.370 e. The lowest BCUT2D eigenvalue weighted by Crippen LogP contribution is -2.12. The second-order valence-electron chi connectivity index (χ2n) is 4.42. The van der Waals surface area contributed by atoms with Gasteiger partial charge in [-0.25, -0.2) is 4.68 Å². The summed E-state index contributed by atoms with van der Waals surface area (Å²) in [5.74, 6) is 1.09. The predicted molar refractivity (Wildman–Crippen MR) is 78.5 cm³/mol. The number of rotatable bonds is 5. The normalized spacial score (nSPS) is 10.2. The van der Waals surface area contributed by atoms with Crippen LogP contribution in [0.3, 0.4) is 0 Å². The maximum Gasteiger partial charge on any atom is 0.124 e. The van der Waals surface area contributed by atoms with Crippen molar-refractivity contribution in [2.24, 2.45) is 0 Å². The second-order valence-corrected chi connectivity index (χ2v) is 4.42. The van der Waals surface area contributed by atoms with E-state index in [1.165, 1.54) is 5.56 Å². The van der Waals surface area contributed by atoms with Gasteiger partial charge in [0.25, 0.3) is 0 Å². The van der Waals surface area contributed by atoms with Crippen LogP contribution in [0.5, 0.6) is 0 Å². The fraction of sp³-hybridized carbons (Fsp3) is 0.357. The molecule has 18 heavy (non-hydrogen) atoms. The zero-order valence-electron chi connectivity index (χ0n) is 10.8. The van der Waals surface area contributed by atoms with Crippen molar-refractivity contribution in [1.82, 2.24) is 9.78 Å². The number of halogens is 1. The number of hydrogen-bond acceptors (Lipinski definition) is 2. The molecule has 0 radical (unpaired) electrons. The van der Waals surface area contributed by atoms with Crippen molar-refractivity contribution in [3.8, 4) is 0 Å². The molecule has 2 aromatic rings. The quantitative estimate of drug-likeness (QED) is 0.896. The molecule has 98 valence electrons. The highest BCUT2D eigenvalue weighted by Gasteiger charge is 2.04. The molecule has 1 heterocycles. The van der Waals surface area contributed by atoms with Crippen LogP contribution < -0.4 is 5.32 Å². The summed E-state index contributed by atoms with van der Waals surface area (Å²) in [7, 11) is 0. The first-order valence-corrected chi connectivity index (χ1v) is 6.08. The number of anilines is 1. The van der Waals surface area contributed by atoms with Gasteiger partial charge in [-0.3, -0.25) is 0 Å². The van der Waals surface area contributed by atoms with Crippen molar-refractivity contribution in [2.45, 2.75) is 26.3 Å². The SMILES string of the molecule is CC(C)n1nccc1NCCc1ccccc1.Cl. The van der Waals surface area contributed by atoms with E-state index in [2.05, 4.69) is 48.5 Å². The highest BCUT2D eigenvalue weighted by atomic mass is 35.5. The standard InChI is InChI=1S/C14H19N3.ClH/c1-12(2)17-14(9-11-16-17)15-10-8-13-6-4-3-5-7-13;/h3-7,9,11-12,15H,8,10H2,1-2H3;1H. The number of aromatic nitrogens is 2. The van der Waals surface area contributed by atoms with E-state index in [-0.39, 0.29) is 12.4 Å². The molecule has 0 saturated heterocycles. The summed E-state index contributed by atoms with van der Waals surface area (Å²) in [6.45, 7) is 5.20. The molecule has 0 bridgehead atoms. The lowest BCUT2D eigenvalue weighted by atomic mass is 10.1. The Labute approximate surface area is 115 Å². The second kappa shape index (κ2) is 7.07.